The first-order valence-electron chi connectivity index (χ1n) is 6.79. The summed E-state index contributed by atoms with van der Waals surface area (Å²) in [5, 5.41) is 12.5. The molecule has 3 atom stereocenters. The molecule has 0 saturated heterocycles. The molecule has 1 rings (SSSR count). The molecule has 0 aromatic rings. The minimum atomic E-state index is -0.166. The number of aliphatic hydroxyl groups is 1. The van der Waals surface area contributed by atoms with Crippen molar-refractivity contribution in [3.63, 3.8) is 0 Å². The molecule has 0 spiro atoms. The second-order valence-electron chi connectivity index (χ2n) is 5.26. The Hall–Kier alpha value is -0.610. The number of hydrogen-bond acceptors (Lipinski definition) is 3. The van der Waals surface area contributed by atoms with E-state index >= 15 is 0 Å². The van der Waals surface area contributed by atoms with E-state index in [0.29, 0.717) is 19.0 Å². The summed E-state index contributed by atoms with van der Waals surface area (Å²) in [5.74, 6) is 0.620. The Labute approximate surface area is 104 Å². The maximum Gasteiger partial charge on any atom is 0.222 e. The van der Waals surface area contributed by atoms with E-state index in [1.165, 1.54) is 0 Å². The van der Waals surface area contributed by atoms with Gasteiger partial charge in [-0.25, -0.2) is 0 Å². The summed E-state index contributed by atoms with van der Waals surface area (Å²) >= 11 is 0. The molecule has 1 amide bonds. The third-order valence-electron chi connectivity index (χ3n) is 3.61. The van der Waals surface area contributed by atoms with Gasteiger partial charge in [0.1, 0.15) is 0 Å². The Morgan fingerprint density at radius 3 is 2.94 bits per heavy atom. The van der Waals surface area contributed by atoms with Gasteiger partial charge in [-0.15, -0.1) is 0 Å². The first-order chi connectivity index (χ1) is 8.13. The second kappa shape index (κ2) is 7.67. The van der Waals surface area contributed by atoms with Gasteiger partial charge in [0.05, 0.1) is 6.10 Å². The fraction of sp³-hybridized carbons (Fsp3) is 0.923. The molecule has 0 bridgehead atoms. The largest absolute Gasteiger partial charge is 0.393 e. The second-order valence-corrected chi connectivity index (χ2v) is 5.26. The number of rotatable bonds is 6. The van der Waals surface area contributed by atoms with E-state index in [1.54, 1.807) is 0 Å². The number of carbonyl (C=O) groups excluding carboxylic acids is 1. The Kier molecular flexibility index (Phi) is 6.52. The van der Waals surface area contributed by atoms with Gasteiger partial charge in [-0.05, 0) is 44.6 Å². The van der Waals surface area contributed by atoms with Crippen LogP contribution in [0, 0.1) is 11.8 Å². The molecular weight excluding hydrogens is 216 g/mol. The fourth-order valence-corrected chi connectivity index (χ4v) is 2.42. The lowest BCUT2D eigenvalue weighted by molar-refractivity contribution is -0.125. The Morgan fingerprint density at radius 1 is 1.53 bits per heavy atom. The number of nitrogens with one attached hydrogen (secondary N) is 1. The van der Waals surface area contributed by atoms with Gasteiger partial charge in [0.15, 0.2) is 0 Å². The predicted molar refractivity (Wildman–Crippen MR) is 68.4 cm³/mol. The molecule has 3 unspecified atom stereocenters. The first-order valence-corrected chi connectivity index (χ1v) is 6.79. The third-order valence-corrected chi connectivity index (χ3v) is 3.61. The van der Waals surface area contributed by atoms with Crippen LogP contribution < -0.4 is 11.1 Å². The van der Waals surface area contributed by atoms with Crippen molar-refractivity contribution in [1.29, 1.82) is 0 Å². The molecular formula is C13H26N2O2. The molecule has 4 N–H and O–H groups in total. The summed E-state index contributed by atoms with van der Waals surface area (Å²) in [6, 6.07) is 0. The molecule has 0 radical (unpaired) electrons. The van der Waals surface area contributed by atoms with Crippen molar-refractivity contribution in [3.8, 4) is 0 Å². The number of nitrogens with two attached hydrogens (primary N) is 1. The van der Waals surface area contributed by atoms with E-state index in [1.807, 2.05) is 6.92 Å². The van der Waals surface area contributed by atoms with Gasteiger partial charge in [-0.3, -0.25) is 4.79 Å². The third kappa shape index (κ3) is 5.50. The summed E-state index contributed by atoms with van der Waals surface area (Å²) in [6.07, 6.45) is 5.53. The average molecular weight is 242 g/mol. The van der Waals surface area contributed by atoms with Crippen LogP contribution in [0.4, 0.5) is 0 Å². The Bertz CT molecular complexity index is 233. The number of amides is 1. The van der Waals surface area contributed by atoms with Crippen LogP contribution in [-0.2, 0) is 4.79 Å². The van der Waals surface area contributed by atoms with Crippen LogP contribution in [0.15, 0.2) is 0 Å². The van der Waals surface area contributed by atoms with E-state index < -0.39 is 0 Å². The Balaban J connectivity index is 2.18. The summed E-state index contributed by atoms with van der Waals surface area (Å²) in [4.78, 5) is 11.8. The molecule has 0 heterocycles. The number of carbonyl (C=O) groups is 1. The zero-order valence-electron chi connectivity index (χ0n) is 10.8. The van der Waals surface area contributed by atoms with Gasteiger partial charge >= 0.3 is 0 Å². The molecule has 4 nitrogen and oxygen atoms in total. The van der Waals surface area contributed by atoms with Gasteiger partial charge in [-0.2, -0.15) is 0 Å². The molecule has 1 fully saturated rings. The predicted octanol–water partition coefficient (Wildman–Crippen LogP) is 1.03. The highest BCUT2D eigenvalue weighted by atomic mass is 16.3. The van der Waals surface area contributed by atoms with Crippen LogP contribution in [0.3, 0.4) is 0 Å². The van der Waals surface area contributed by atoms with E-state index in [-0.39, 0.29) is 17.9 Å². The van der Waals surface area contributed by atoms with Crippen molar-refractivity contribution >= 4 is 5.91 Å². The van der Waals surface area contributed by atoms with Crippen LogP contribution in [0.5, 0.6) is 0 Å². The van der Waals surface area contributed by atoms with Gasteiger partial charge < -0.3 is 16.2 Å². The van der Waals surface area contributed by atoms with Crippen molar-refractivity contribution in [1.82, 2.24) is 5.32 Å². The fourth-order valence-electron chi connectivity index (χ4n) is 2.42. The lowest BCUT2D eigenvalue weighted by atomic mass is 9.87. The van der Waals surface area contributed by atoms with Crippen molar-refractivity contribution in [3.05, 3.63) is 0 Å². The minimum Gasteiger partial charge on any atom is -0.393 e. The summed E-state index contributed by atoms with van der Waals surface area (Å²) in [7, 11) is 0. The van der Waals surface area contributed by atoms with Crippen molar-refractivity contribution < 1.29 is 9.90 Å². The Morgan fingerprint density at radius 2 is 2.29 bits per heavy atom. The molecule has 4 heteroatoms. The smallest absolute Gasteiger partial charge is 0.222 e. The maximum absolute atomic E-state index is 11.8. The molecule has 1 aliphatic carbocycles. The SMILES string of the molecule is CC(CCCN)C(=O)NCC1CCCC(O)C1. The molecule has 1 aliphatic rings. The topological polar surface area (TPSA) is 75.4 Å². The van der Waals surface area contributed by atoms with Crippen LogP contribution in [-0.4, -0.2) is 30.2 Å². The maximum atomic E-state index is 11.8. The molecule has 100 valence electrons. The molecule has 1 saturated carbocycles. The highest BCUT2D eigenvalue weighted by molar-refractivity contribution is 5.78. The van der Waals surface area contributed by atoms with E-state index in [9.17, 15) is 9.90 Å². The normalized spacial score (nSPS) is 26.5. The summed E-state index contributed by atoms with van der Waals surface area (Å²) in [6.45, 7) is 3.30. The molecule has 17 heavy (non-hydrogen) atoms. The monoisotopic (exact) mass is 242 g/mol. The van der Waals surface area contributed by atoms with E-state index in [4.69, 9.17) is 5.73 Å². The highest BCUT2D eigenvalue weighted by Crippen LogP contribution is 2.23. The average Bonchev–Trinajstić information content (AvgIpc) is 2.33. The van der Waals surface area contributed by atoms with Crippen LogP contribution >= 0.6 is 0 Å². The standard InChI is InChI=1S/C13H26N2O2/c1-10(4-3-7-14)13(17)15-9-11-5-2-6-12(16)8-11/h10-12,16H,2-9,14H2,1H3,(H,15,17). The number of aliphatic hydroxyl groups excluding tert-OH is 1. The lowest BCUT2D eigenvalue weighted by Crippen LogP contribution is -2.35. The zero-order valence-corrected chi connectivity index (χ0v) is 10.8. The van der Waals surface area contributed by atoms with Gasteiger partial charge in [-0.1, -0.05) is 13.3 Å². The summed E-state index contributed by atoms with van der Waals surface area (Å²) in [5.41, 5.74) is 5.42. The van der Waals surface area contributed by atoms with Crippen molar-refractivity contribution in [2.45, 2.75) is 51.6 Å². The van der Waals surface area contributed by atoms with Gasteiger partial charge in [0, 0.05) is 12.5 Å². The highest BCUT2D eigenvalue weighted by Gasteiger charge is 2.21. The molecule has 0 aromatic heterocycles. The summed E-state index contributed by atoms with van der Waals surface area (Å²) < 4.78 is 0. The quantitative estimate of drug-likeness (QED) is 0.651. The van der Waals surface area contributed by atoms with E-state index in [0.717, 1.165) is 38.5 Å². The molecule has 0 aromatic carbocycles. The van der Waals surface area contributed by atoms with Crippen molar-refractivity contribution in [2.24, 2.45) is 17.6 Å². The van der Waals surface area contributed by atoms with E-state index in [2.05, 4.69) is 5.32 Å². The van der Waals surface area contributed by atoms with Gasteiger partial charge in [0.2, 0.25) is 5.91 Å². The zero-order chi connectivity index (χ0) is 12.7. The minimum absolute atomic E-state index is 0.0482. The number of hydrogen-bond donors (Lipinski definition) is 3. The van der Waals surface area contributed by atoms with Gasteiger partial charge in [0.25, 0.3) is 0 Å². The first kappa shape index (κ1) is 14.5. The molecule has 0 aliphatic heterocycles. The van der Waals surface area contributed by atoms with Crippen LogP contribution in [0.25, 0.3) is 0 Å². The van der Waals surface area contributed by atoms with Crippen LogP contribution in [0.2, 0.25) is 0 Å². The lowest BCUT2D eigenvalue weighted by Gasteiger charge is -2.26. The van der Waals surface area contributed by atoms with Crippen molar-refractivity contribution in [2.75, 3.05) is 13.1 Å². The van der Waals surface area contributed by atoms with Crippen LogP contribution in [0.1, 0.15) is 45.4 Å².